The van der Waals surface area contributed by atoms with Crippen LogP contribution in [0.5, 0.6) is 11.6 Å². The SMILES string of the molecule is Cc1ccc(Oc2ccc(C(=O)NCc3ccc(C)cc3Cl)cn2)cc1. The third-order valence-electron chi connectivity index (χ3n) is 3.89. The first-order chi connectivity index (χ1) is 12.5. The molecule has 1 heterocycles. The van der Waals surface area contributed by atoms with Crippen molar-refractivity contribution < 1.29 is 9.53 Å². The molecule has 0 aliphatic heterocycles. The summed E-state index contributed by atoms with van der Waals surface area (Å²) in [5, 5.41) is 3.49. The fourth-order valence-corrected chi connectivity index (χ4v) is 2.68. The third kappa shape index (κ3) is 4.61. The Bertz CT molecular complexity index is 906. The molecular weight excluding hydrogens is 348 g/mol. The van der Waals surface area contributed by atoms with Gasteiger partial charge >= 0.3 is 0 Å². The van der Waals surface area contributed by atoms with Crippen LogP contribution in [0.1, 0.15) is 27.0 Å². The molecule has 0 bridgehead atoms. The van der Waals surface area contributed by atoms with Crippen LogP contribution in [0.4, 0.5) is 0 Å². The molecule has 3 rings (SSSR count). The molecule has 1 N–H and O–H groups in total. The van der Waals surface area contributed by atoms with Crippen molar-refractivity contribution in [2.45, 2.75) is 20.4 Å². The maximum absolute atomic E-state index is 12.3. The number of pyridine rings is 1. The van der Waals surface area contributed by atoms with Crippen LogP contribution in [-0.2, 0) is 6.54 Å². The minimum absolute atomic E-state index is 0.212. The van der Waals surface area contributed by atoms with E-state index in [4.69, 9.17) is 16.3 Å². The van der Waals surface area contributed by atoms with Gasteiger partial charge in [0.15, 0.2) is 0 Å². The molecule has 26 heavy (non-hydrogen) atoms. The Morgan fingerprint density at radius 1 is 1.04 bits per heavy atom. The van der Waals surface area contributed by atoms with E-state index in [0.29, 0.717) is 28.8 Å². The second-order valence-corrected chi connectivity index (χ2v) is 6.48. The summed E-state index contributed by atoms with van der Waals surface area (Å²) in [7, 11) is 0. The van der Waals surface area contributed by atoms with Gasteiger partial charge in [0, 0.05) is 23.8 Å². The molecule has 3 aromatic rings. The van der Waals surface area contributed by atoms with E-state index in [1.807, 2.05) is 56.3 Å². The number of carbonyl (C=O) groups is 1. The van der Waals surface area contributed by atoms with Crippen molar-refractivity contribution in [3.8, 4) is 11.6 Å². The third-order valence-corrected chi connectivity index (χ3v) is 4.24. The number of hydrogen-bond donors (Lipinski definition) is 1. The lowest BCUT2D eigenvalue weighted by Crippen LogP contribution is -2.23. The molecular formula is C21H19ClN2O2. The number of nitrogens with zero attached hydrogens (tertiary/aromatic N) is 1. The fraction of sp³-hybridized carbons (Fsp3) is 0.143. The maximum atomic E-state index is 12.3. The van der Waals surface area contributed by atoms with Crippen LogP contribution in [0.15, 0.2) is 60.8 Å². The molecule has 0 aliphatic carbocycles. The minimum Gasteiger partial charge on any atom is -0.439 e. The summed E-state index contributed by atoms with van der Waals surface area (Å²) < 4.78 is 5.66. The molecule has 0 aliphatic rings. The minimum atomic E-state index is -0.212. The predicted octanol–water partition coefficient (Wildman–Crippen LogP) is 5.07. The van der Waals surface area contributed by atoms with Gasteiger partial charge in [-0.1, -0.05) is 41.4 Å². The fourth-order valence-electron chi connectivity index (χ4n) is 2.38. The van der Waals surface area contributed by atoms with Gasteiger partial charge in [0.1, 0.15) is 5.75 Å². The van der Waals surface area contributed by atoms with Gasteiger partial charge in [0.25, 0.3) is 5.91 Å². The maximum Gasteiger partial charge on any atom is 0.253 e. The van der Waals surface area contributed by atoms with E-state index >= 15 is 0 Å². The molecule has 2 aromatic carbocycles. The van der Waals surface area contributed by atoms with Crippen LogP contribution < -0.4 is 10.1 Å². The van der Waals surface area contributed by atoms with E-state index in [0.717, 1.165) is 16.7 Å². The normalized spacial score (nSPS) is 10.4. The molecule has 0 saturated carbocycles. The summed E-state index contributed by atoms with van der Waals surface area (Å²) >= 11 is 6.19. The zero-order valence-corrected chi connectivity index (χ0v) is 15.4. The van der Waals surface area contributed by atoms with Gasteiger partial charge in [-0.25, -0.2) is 4.98 Å². The lowest BCUT2D eigenvalue weighted by atomic mass is 10.1. The topological polar surface area (TPSA) is 51.2 Å². The average molecular weight is 367 g/mol. The Kier molecular flexibility index (Phi) is 5.54. The first kappa shape index (κ1) is 18.0. The van der Waals surface area contributed by atoms with E-state index < -0.39 is 0 Å². The molecule has 0 radical (unpaired) electrons. The second-order valence-electron chi connectivity index (χ2n) is 6.08. The summed E-state index contributed by atoms with van der Waals surface area (Å²) in [4.78, 5) is 16.5. The lowest BCUT2D eigenvalue weighted by Gasteiger charge is -2.09. The molecule has 1 aromatic heterocycles. The second kappa shape index (κ2) is 8.02. The van der Waals surface area contributed by atoms with E-state index in [-0.39, 0.29) is 5.91 Å². The molecule has 4 nitrogen and oxygen atoms in total. The van der Waals surface area contributed by atoms with Crippen molar-refractivity contribution in [2.24, 2.45) is 0 Å². The monoisotopic (exact) mass is 366 g/mol. The highest BCUT2D eigenvalue weighted by atomic mass is 35.5. The van der Waals surface area contributed by atoms with Gasteiger partial charge in [-0.15, -0.1) is 0 Å². The molecule has 132 valence electrons. The van der Waals surface area contributed by atoms with Crippen LogP contribution in [0, 0.1) is 13.8 Å². The molecule has 1 amide bonds. The van der Waals surface area contributed by atoms with Gasteiger partial charge in [-0.2, -0.15) is 0 Å². The summed E-state index contributed by atoms with van der Waals surface area (Å²) in [6.07, 6.45) is 1.50. The van der Waals surface area contributed by atoms with E-state index in [1.54, 1.807) is 12.1 Å². The molecule has 0 spiro atoms. The first-order valence-electron chi connectivity index (χ1n) is 8.25. The number of hydrogen-bond acceptors (Lipinski definition) is 3. The molecule has 0 unspecified atom stereocenters. The highest BCUT2D eigenvalue weighted by Gasteiger charge is 2.08. The van der Waals surface area contributed by atoms with Gasteiger partial charge in [0.05, 0.1) is 5.56 Å². The van der Waals surface area contributed by atoms with Gasteiger partial charge in [-0.3, -0.25) is 4.79 Å². The number of nitrogens with one attached hydrogen (secondary N) is 1. The highest BCUT2D eigenvalue weighted by molar-refractivity contribution is 6.31. The number of rotatable bonds is 5. The van der Waals surface area contributed by atoms with Crippen molar-refractivity contribution >= 4 is 17.5 Å². The van der Waals surface area contributed by atoms with Crippen LogP contribution >= 0.6 is 11.6 Å². The number of amides is 1. The lowest BCUT2D eigenvalue weighted by molar-refractivity contribution is 0.0950. The molecule has 0 fully saturated rings. The largest absolute Gasteiger partial charge is 0.439 e. The molecule has 5 heteroatoms. The first-order valence-corrected chi connectivity index (χ1v) is 8.63. The predicted molar refractivity (Wildman–Crippen MR) is 103 cm³/mol. The molecule has 0 saturated heterocycles. The Morgan fingerprint density at radius 3 is 2.42 bits per heavy atom. The summed E-state index contributed by atoms with van der Waals surface area (Å²) in [6, 6.07) is 16.8. The quantitative estimate of drug-likeness (QED) is 0.685. The van der Waals surface area contributed by atoms with E-state index in [1.165, 1.54) is 6.20 Å². The zero-order chi connectivity index (χ0) is 18.5. The average Bonchev–Trinajstić information content (AvgIpc) is 2.63. The summed E-state index contributed by atoms with van der Waals surface area (Å²) in [5.41, 5.74) is 3.58. The number of halogens is 1. The van der Waals surface area contributed by atoms with Gasteiger partial charge < -0.3 is 10.1 Å². The van der Waals surface area contributed by atoms with E-state index in [9.17, 15) is 4.79 Å². The summed E-state index contributed by atoms with van der Waals surface area (Å²) in [6.45, 7) is 4.35. The van der Waals surface area contributed by atoms with Gasteiger partial charge in [0.2, 0.25) is 5.88 Å². The molecule has 0 atom stereocenters. The Balaban J connectivity index is 1.60. The van der Waals surface area contributed by atoms with Crippen molar-refractivity contribution in [1.82, 2.24) is 10.3 Å². The summed E-state index contributed by atoms with van der Waals surface area (Å²) in [5.74, 6) is 0.928. The van der Waals surface area contributed by atoms with Crippen LogP contribution in [-0.4, -0.2) is 10.9 Å². The number of aromatic nitrogens is 1. The van der Waals surface area contributed by atoms with Gasteiger partial charge in [-0.05, 0) is 49.2 Å². The van der Waals surface area contributed by atoms with Crippen LogP contribution in [0.2, 0.25) is 5.02 Å². The smallest absolute Gasteiger partial charge is 0.253 e. The van der Waals surface area contributed by atoms with Crippen LogP contribution in [0.25, 0.3) is 0 Å². The number of carbonyl (C=O) groups excluding carboxylic acids is 1. The van der Waals surface area contributed by atoms with Crippen molar-refractivity contribution in [3.05, 3.63) is 88.1 Å². The highest BCUT2D eigenvalue weighted by Crippen LogP contribution is 2.20. The van der Waals surface area contributed by atoms with Crippen molar-refractivity contribution in [1.29, 1.82) is 0 Å². The van der Waals surface area contributed by atoms with Crippen molar-refractivity contribution in [2.75, 3.05) is 0 Å². The van der Waals surface area contributed by atoms with Crippen molar-refractivity contribution in [3.63, 3.8) is 0 Å². The van der Waals surface area contributed by atoms with Crippen LogP contribution in [0.3, 0.4) is 0 Å². The Labute approximate surface area is 157 Å². The zero-order valence-electron chi connectivity index (χ0n) is 14.6. The number of aryl methyl sites for hydroxylation is 2. The number of benzene rings is 2. The standard InChI is InChI=1S/C21H19ClN2O2/c1-14-4-8-18(9-5-14)26-20-10-7-17(13-23-20)21(25)24-12-16-6-3-15(2)11-19(16)22/h3-11,13H,12H2,1-2H3,(H,24,25). The number of ether oxygens (including phenoxy) is 1. The Hall–Kier alpha value is -2.85. The Morgan fingerprint density at radius 2 is 1.77 bits per heavy atom. The van der Waals surface area contributed by atoms with E-state index in [2.05, 4.69) is 10.3 Å².